The van der Waals surface area contributed by atoms with Gasteiger partial charge < -0.3 is 93.3 Å². The summed E-state index contributed by atoms with van der Waals surface area (Å²) < 4.78 is 56.3. The molecule has 3 saturated heterocycles. The first-order valence-electron chi connectivity index (χ1n) is 18.9. The van der Waals surface area contributed by atoms with E-state index in [1.54, 1.807) is 6.07 Å². The number of esters is 2. The molecule has 5 rings (SSSR count). The predicted molar refractivity (Wildman–Crippen MR) is 199 cm³/mol. The van der Waals surface area contributed by atoms with Crippen molar-refractivity contribution in [2.24, 2.45) is 0 Å². The Kier molecular flexibility index (Phi) is 16.4. The average molecular weight is 857 g/mol. The molecule has 0 spiro atoms. The molecule has 0 saturated carbocycles. The third-order valence-corrected chi connectivity index (χ3v) is 10.0. The summed E-state index contributed by atoms with van der Waals surface area (Å²) >= 11 is 0. The lowest BCUT2D eigenvalue weighted by molar-refractivity contribution is -0.364. The van der Waals surface area contributed by atoms with Crippen LogP contribution in [0.15, 0.2) is 42.5 Å². The number of aliphatic hydroxyl groups excluding tert-OH is 7. The zero-order chi connectivity index (χ0) is 43.8. The third-order valence-electron chi connectivity index (χ3n) is 10.0. The van der Waals surface area contributed by atoms with Gasteiger partial charge in [0, 0.05) is 13.0 Å². The van der Waals surface area contributed by atoms with Gasteiger partial charge >= 0.3 is 11.9 Å². The van der Waals surface area contributed by atoms with Crippen molar-refractivity contribution in [1.29, 1.82) is 0 Å². The normalized spacial score (nSPS) is 34.5. The fourth-order valence-corrected chi connectivity index (χ4v) is 6.77. The van der Waals surface area contributed by atoms with Gasteiger partial charge in [0.15, 0.2) is 54.1 Å². The summed E-state index contributed by atoms with van der Waals surface area (Å²) in [5, 5.41) is 95.0. The third kappa shape index (κ3) is 11.2. The number of phenolic OH excluding ortho intramolecular Hbond substituents is 2. The van der Waals surface area contributed by atoms with Crippen LogP contribution in [-0.2, 0) is 53.9 Å². The van der Waals surface area contributed by atoms with Gasteiger partial charge in [0.2, 0.25) is 0 Å². The summed E-state index contributed by atoms with van der Waals surface area (Å²) in [7, 11) is 2.72. The second-order valence-corrected chi connectivity index (χ2v) is 14.2. The Morgan fingerprint density at radius 1 is 0.700 bits per heavy atom. The minimum absolute atomic E-state index is 0.112. The summed E-state index contributed by atoms with van der Waals surface area (Å²) in [6, 6.07) is 8.88. The number of hydrogen-bond acceptors (Lipinski definition) is 21. The number of rotatable bonds is 16. The van der Waals surface area contributed by atoms with Crippen LogP contribution >= 0.6 is 0 Å². The van der Waals surface area contributed by atoms with Gasteiger partial charge in [0.25, 0.3) is 0 Å². The van der Waals surface area contributed by atoms with Crippen molar-refractivity contribution in [3.05, 3.63) is 53.6 Å². The first-order chi connectivity index (χ1) is 28.6. The Bertz CT molecular complexity index is 1760. The van der Waals surface area contributed by atoms with E-state index < -0.39 is 117 Å². The number of ether oxygens (including phenoxy) is 10. The molecule has 60 heavy (non-hydrogen) atoms. The molecule has 334 valence electrons. The van der Waals surface area contributed by atoms with Crippen molar-refractivity contribution in [2.45, 2.75) is 112 Å². The first-order valence-corrected chi connectivity index (χ1v) is 18.9. The Balaban J connectivity index is 1.46. The Hall–Kier alpha value is -4.20. The number of benzene rings is 2. The topological polar surface area (TPSA) is 309 Å². The molecule has 15 atom stereocenters. The van der Waals surface area contributed by atoms with Gasteiger partial charge in [-0.05, 0) is 54.8 Å². The van der Waals surface area contributed by atoms with Gasteiger partial charge in [0.05, 0.1) is 40.1 Å². The fraction of sp³-hybridized carbons (Fsp3) is 0.590. The molecule has 2 aromatic carbocycles. The van der Waals surface area contributed by atoms with Crippen LogP contribution in [0.1, 0.15) is 25.0 Å². The number of phenols is 2. The Morgan fingerprint density at radius 3 is 2.05 bits per heavy atom. The van der Waals surface area contributed by atoms with E-state index in [0.29, 0.717) is 11.1 Å². The first kappa shape index (κ1) is 46.9. The molecular weight excluding hydrogens is 804 g/mol. The maximum Gasteiger partial charge on any atom is 0.331 e. The molecule has 0 radical (unpaired) electrons. The van der Waals surface area contributed by atoms with Gasteiger partial charge in [-0.25, -0.2) is 4.79 Å². The molecule has 3 aliphatic heterocycles. The van der Waals surface area contributed by atoms with Crippen molar-refractivity contribution in [2.75, 3.05) is 34.0 Å². The molecule has 0 aliphatic carbocycles. The van der Waals surface area contributed by atoms with E-state index in [2.05, 4.69) is 0 Å². The van der Waals surface area contributed by atoms with Gasteiger partial charge in [-0.2, -0.15) is 0 Å². The molecule has 9 N–H and O–H groups in total. The standard InChI is InChI=1S/C39H52O21/c1-17-28(45)35(56-18(2)41)32(49)39(55-17)60-36-33(50)38(53-12-11-20-6-9-23(51-3)22(43)13-20)58-26(16-54-37-31(48)30(47)29(46)25(15-40)57-37)34(36)59-27(44)10-7-19-5-8-21(42)24(14-19)52-4/h5-10,13-14,17,25-26,28-40,42-43,45-50H,11-12,15-16H2,1-4H3/t17-,25-,26+,28-,29-,30-,31+,32-,33+,34+,35-,36+,37+,38+,39-/m0/s1. The lowest BCUT2D eigenvalue weighted by Gasteiger charge is -2.47. The molecule has 0 bridgehead atoms. The maximum absolute atomic E-state index is 13.5. The molecular formula is C39H52O21. The average Bonchev–Trinajstić information content (AvgIpc) is 3.22. The molecule has 3 fully saturated rings. The number of methoxy groups -OCH3 is 2. The van der Waals surface area contributed by atoms with E-state index in [1.807, 2.05) is 0 Å². The van der Waals surface area contributed by atoms with Crippen LogP contribution in [0.3, 0.4) is 0 Å². The second kappa shape index (κ2) is 21.1. The number of carbonyl (C=O) groups is 2. The lowest BCUT2D eigenvalue weighted by Crippen LogP contribution is -2.65. The molecule has 3 heterocycles. The van der Waals surface area contributed by atoms with E-state index in [4.69, 9.17) is 47.4 Å². The summed E-state index contributed by atoms with van der Waals surface area (Å²) in [6.45, 7) is 0.885. The highest BCUT2D eigenvalue weighted by Gasteiger charge is 2.54. The van der Waals surface area contributed by atoms with Crippen LogP contribution < -0.4 is 9.47 Å². The van der Waals surface area contributed by atoms with Crippen molar-refractivity contribution >= 4 is 18.0 Å². The number of hydrogen-bond donors (Lipinski definition) is 9. The highest BCUT2D eigenvalue weighted by molar-refractivity contribution is 5.87. The molecule has 3 aliphatic rings. The van der Waals surface area contributed by atoms with E-state index in [0.717, 1.165) is 13.0 Å². The minimum Gasteiger partial charge on any atom is -0.504 e. The Labute approximate surface area is 343 Å². The van der Waals surface area contributed by atoms with Crippen molar-refractivity contribution in [3.8, 4) is 23.0 Å². The van der Waals surface area contributed by atoms with E-state index in [1.165, 1.54) is 57.6 Å². The number of aliphatic hydroxyl groups is 7. The zero-order valence-electron chi connectivity index (χ0n) is 33.0. The van der Waals surface area contributed by atoms with E-state index in [9.17, 15) is 55.5 Å². The quantitative estimate of drug-likeness (QED) is 0.0650. The van der Waals surface area contributed by atoms with Gasteiger partial charge in [-0.3, -0.25) is 4.79 Å². The molecule has 0 amide bonds. The summed E-state index contributed by atoms with van der Waals surface area (Å²) in [6.07, 6.45) is -22.1. The highest BCUT2D eigenvalue weighted by atomic mass is 16.8. The van der Waals surface area contributed by atoms with Gasteiger partial charge in [-0.15, -0.1) is 0 Å². The van der Waals surface area contributed by atoms with Crippen LogP contribution in [0.2, 0.25) is 0 Å². The monoisotopic (exact) mass is 856 g/mol. The number of aromatic hydroxyl groups is 2. The van der Waals surface area contributed by atoms with Crippen LogP contribution in [0.4, 0.5) is 0 Å². The molecule has 0 unspecified atom stereocenters. The molecule has 21 nitrogen and oxygen atoms in total. The van der Waals surface area contributed by atoms with Crippen LogP contribution in [-0.4, -0.2) is 184 Å². The fourth-order valence-electron chi connectivity index (χ4n) is 6.77. The minimum atomic E-state index is -1.86. The number of carbonyl (C=O) groups excluding carboxylic acids is 2. The van der Waals surface area contributed by atoms with Gasteiger partial charge in [-0.1, -0.05) is 12.1 Å². The second-order valence-electron chi connectivity index (χ2n) is 14.2. The zero-order valence-corrected chi connectivity index (χ0v) is 33.0. The summed E-state index contributed by atoms with van der Waals surface area (Å²) in [5.41, 5.74) is 1.000. The largest absolute Gasteiger partial charge is 0.504 e. The smallest absolute Gasteiger partial charge is 0.331 e. The Morgan fingerprint density at radius 2 is 1.38 bits per heavy atom. The van der Waals surface area contributed by atoms with Gasteiger partial charge in [0.1, 0.15) is 54.9 Å². The molecule has 0 aromatic heterocycles. The van der Waals surface area contributed by atoms with Crippen LogP contribution in [0.25, 0.3) is 6.08 Å². The molecule has 2 aromatic rings. The summed E-state index contributed by atoms with van der Waals surface area (Å²) in [5.74, 6) is -1.83. The SMILES string of the molecule is COc1ccc(CCO[C@@H]2O[C@H](CO[C@@H]3O[C@@H](CO)[C@H](O)[C@H](O)[C@H]3O)[C@@H](OC(=O)C=Cc3ccc(O)c(OC)c3)[C@H](O[C@@H]3O[C@@H](C)[C@H](O)[C@H](OC(C)=O)[C@@H]3O)[C@H]2O)cc1O. The highest BCUT2D eigenvalue weighted by Crippen LogP contribution is 2.34. The van der Waals surface area contributed by atoms with Crippen LogP contribution in [0.5, 0.6) is 23.0 Å². The van der Waals surface area contributed by atoms with Crippen molar-refractivity contribution in [3.63, 3.8) is 0 Å². The summed E-state index contributed by atoms with van der Waals surface area (Å²) in [4.78, 5) is 25.4. The van der Waals surface area contributed by atoms with Crippen LogP contribution in [0, 0.1) is 0 Å². The lowest BCUT2D eigenvalue weighted by atomic mass is 9.96. The van der Waals surface area contributed by atoms with Crippen molar-refractivity contribution in [1.82, 2.24) is 0 Å². The molecule has 21 heteroatoms. The van der Waals surface area contributed by atoms with Crippen molar-refractivity contribution < 1.29 is 103 Å². The van der Waals surface area contributed by atoms with E-state index >= 15 is 0 Å². The van der Waals surface area contributed by atoms with E-state index in [-0.39, 0.29) is 36.0 Å². The maximum atomic E-state index is 13.5. The predicted octanol–water partition coefficient (Wildman–Crippen LogP) is -2.01.